The lowest BCUT2D eigenvalue weighted by Gasteiger charge is -2.36. The number of benzene rings is 1. The van der Waals surface area contributed by atoms with Crippen LogP contribution in [0.1, 0.15) is 13.8 Å². The number of anilines is 2. The van der Waals surface area contributed by atoms with Crippen LogP contribution in [0.4, 0.5) is 11.8 Å². The van der Waals surface area contributed by atoms with E-state index in [1.54, 1.807) is 12.3 Å². The van der Waals surface area contributed by atoms with Crippen LogP contribution in [-0.4, -0.2) is 35.1 Å². The topological polar surface area (TPSA) is 67.1 Å². The third kappa shape index (κ3) is 3.37. The number of hydrogen-bond donors (Lipinski definition) is 2. The van der Waals surface area contributed by atoms with Gasteiger partial charge >= 0.3 is 0 Å². The molecule has 1 fully saturated rings. The molecule has 0 bridgehead atoms. The summed E-state index contributed by atoms with van der Waals surface area (Å²) in [6, 6.07) is 6.19. The normalized spacial score (nSPS) is 21.5. The van der Waals surface area contributed by atoms with Gasteiger partial charge in [0.15, 0.2) is 0 Å². The summed E-state index contributed by atoms with van der Waals surface area (Å²) >= 11 is 12.3. The predicted octanol–water partition coefficient (Wildman–Crippen LogP) is 3.22. The molecule has 2 heterocycles. The van der Waals surface area contributed by atoms with E-state index in [2.05, 4.69) is 34.0 Å². The fourth-order valence-corrected chi connectivity index (χ4v) is 3.35. The Morgan fingerprint density at radius 1 is 1.17 bits per heavy atom. The van der Waals surface area contributed by atoms with Gasteiger partial charge in [-0.05, 0) is 19.9 Å². The number of hydrogen-bond acceptors (Lipinski definition) is 5. The van der Waals surface area contributed by atoms with Crippen molar-refractivity contribution in [2.24, 2.45) is 0 Å². The first kappa shape index (κ1) is 16.3. The van der Waals surface area contributed by atoms with Crippen LogP contribution >= 0.6 is 23.2 Å². The quantitative estimate of drug-likeness (QED) is 0.869. The molecule has 5 nitrogen and oxygen atoms in total. The standard InChI is InChI=1S/C16H19Cl2N5/c1-9-7-23(8-10(2)21-9)16-20-6-12(15(19)22-16)11-4-3-5-13(17)14(11)18/h3-6,9-10,21H,7-8H2,1-2H3,(H2,19,20,22)/t9-,10+. The van der Waals surface area contributed by atoms with Crippen LogP contribution in [0.5, 0.6) is 0 Å². The molecule has 3 N–H and O–H groups in total. The van der Waals surface area contributed by atoms with Gasteiger partial charge in [0, 0.05) is 42.5 Å². The third-order valence-corrected chi connectivity index (χ3v) is 4.71. The summed E-state index contributed by atoms with van der Waals surface area (Å²) in [5.41, 5.74) is 7.59. The predicted molar refractivity (Wildman–Crippen MR) is 96.2 cm³/mol. The summed E-state index contributed by atoms with van der Waals surface area (Å²) in [5, 5.41) is 4.43. The van der Waals surface area contributed by atoms with Crippen LogP contribution in [0.2, 0.25) is 10.0 Å². The van der Waals surface area contributed by atoms with Crippen LogP contribution in [0.3, 0.4) is 0 Å². The molecular weight excluding hydrogens is 333 g/mol. The molecule has 0 amide bonds. The Labute approximate surface area is 145 Å². The zero-order chi connectivity index (χ0) is 16.6. The molecule has 23 heavy (non-hydrogen) atoms. The van der Waals surface area contributed by atoms with Gasteiger partial charge in [-0.25, -0.2) is 4.98 Å². The zero-order valence-corrected chi connectivity index (χ0v) is 14.6. The van der Waals surface area contributed by atoms with Crippen LogP contribution in [0.15, 0.2) is 24.4 Å². The minimum absolute atomic E-state index is 0.380. The first-order valence-corrected chi connectivity index (χ1v) is 8.29. The molecule has 1 saturated heterocycles. The third-order valence-electron chi connectivity index (χ3n) is 3.89. The Morgan fingerprint density at radius 2 is 1.87 bits per heavy atom. The lowest BCUT2D eigenvalue weighted by atomic mass is 10.1. The maximum Gasteiger partial charge on any atom is 0.227 e. The number of nitrogen functional groups attached to an aromatic ring is 1. The van der Waals surface area contributed by atoms with E-state index < -0.39 is 0 Å². The van der Waals surface area contributed by atoms with Crippen molar-refractivity contribution in [3.63, 3.8) is 0 Å². The van der Waals surface area contributed by atoms with E-state index in [0.29, 0.717) is 39.5 Å². The van der Waals surface area contributed by atoms with Gasteiger partial charge in [0.1, 0.15) is 5.82 Å². The Kier molecular flexibility index (Phi) is 4.62. The van der Waals surface area contributed by atoms with Gasteiger partial charge in [-0.1, -0.05) is 35.3 Å². The van der Waals surface area contributed by atoms with Gasteiger partial charge in [-0.3, -0.25) is 0 Å². The first-order chi connectivity index (χ1) is 11.0. The van der Waals surface area contributed by atoms with Crippen molar-refractivity contribution >= 4 is 35.0 Å². The number of halogens is 2. The van der Waals surface area contributed by atoms with Gasteiger partial charge in [0.2, 0.25) is 5.95 Å². The van der Waals surface area contributed by atoms with Crippen molar-refractivity contribution in [1.29, 1.82) is 0 Å². The van der Waals surface area contributed by atoms with Gasteiger partial charge in [0.05, 0.1) is 10.0 Å². The lowest BCUT2D eigenvalue weighted by Crippen LogP contribution is -2.54. The summed E-state index contributed by atoms with van der Waals surface area (Å²) in [7, 11) is 0. The highest BCUT2D eigenvalue weighted by molar-refractivity contribution is 6.43. The molecule has 1 aromatic carbocycles. The van der Waals surface area contributed by atoms with Gasteiger partial charge in [0.25, 0.3) is 0 Å². The number of rotatable bonds is 2. The van der Waals surface area contributed by atoms with Crippen LogP contribution in [-0.2, 0) is 0 Å². The second kappa shape index (κ2) is 6.51. The van der Waals surface area contributed by atoms with Gasteiger partial charge < -0.3 is 16.0 Å². The second-order valence-electron chi connectivity index (χ2n) is 5.94. The highest BCUT2D eigenvalue weighted by atomic mass is 35.5. The SMILES string of the molecule is C[C@@H]1CN(c2ncc(-c3cccc(Cl)c3Cl)c(N)n2)C[C@H](C)N1. The summed E-state index contributed by atoms with van der Waals surface area (Å²) in [6.07, 6.45) is 1.71. The van der Waals surface area contributed by atoms with Gasteiger partial charge in [-0.2, -0.15) is 4.98 Å². The molecule has 1 aromatic heterocycles. The lowest BCUT2D eigenvalue weighted by molar-refractivity contribution is 0.403. The average molecular weight is 352 g/mol. The summed E-state index contributed by atoms with van der Waals surface area (Å²) < 4.78 is 0. The van der Waals surface area contributed by atoms with E-state index in [-0.39, 0.29) is 0 Å². The molecule has 1 aliphatic rings. The molecule has 0 unspecified atom stereocenters. The van der Waals surface area contributed by atoms with Crippen molar-refractivity contribution < 1.29 is 0 Å². The number of piperazine rings is 1. The molecule has 0 radical (unpaired) electrons. The number of nitrogens with two attached hydrogens (primary N) is 1. The van der Waals surface area contributed by atoms with Crippen molar-refractivity contribution in [3.8, 4) is 11.1 Å². The molecule has 0 spiro atoms. The molecular formula is C16H19Cl2N5. The smallest absolute Gasteiger partial charge is 0.227 e. The van der Waals surface area contributed by atoms with E-state index in [1.807, 2.05) is 12.1 Å². The Morgan fingerprint density at radius 3 is 2.52 bits per heavy atom. The van der Waals surface area contributed by atoms with Crippen molar-refractivity contribution in [3.05, 3.63) is 34.4 Å². The fourth-order valence-electron chi connectivity index (χ4n) is 2.95. The Hall–Kier alpha value is -1.56. The highest BCUT2D eigenvalue weighted by Gasteiger charge is 2.23. The largest absolute Gasteiger partial charge is 0.383 e. The maximum absolute atomic E-state index is 6.26. The minimum atomic E-state index is 0.380. The molecule has 0 saturated carbocycles. The fraction of sp³-hybridized carbons (Fsp3) is 0.375. The second-order valence-corrected chi connectivity index (χ2v) is 6.73. The van der Waals surface area contributed by atoms with Crippen molar-refractivity contribution in [2.75, 3.05) is 23.7 Å². The summed E-state index contributed by atoms with van der Waals surface area (Å²) in [5.74, 6) is 1.04. The van der Waals surface area contributed by atoms with E-state index in [0.717, 1.165) is 18.7 Å². The van der Waals surface area contributed by atoms with E-state index >= 15 is 0 Å². The van der Waals surface area contributed by atoms with Crippen LogP contribution < -0.4 is 16.0 Å². The number of nitrogens with one attached hydrogen (secondary N) is 1. The van der Waals surface area contributed by atoms with E-state index in [4.69, 9.17) is 28.9 Å². The summed E-state index contributed by atoms with van der Waals surface area (Å²) in [6.45, 7) is 5.99. The number of aromatic nitrogens is 2. The average Bonchev–Trinajstić information content (AvgIpc) is 2.49. The number of nitrogens with zero attached hydrogens (tertiary/aromatic N) is 3. The van der Waals surface area contributed by atoms with E-state index in [1.165, 1.54) is 0 Å². The molecule has 2 aromatic rings. The molecule has 3 rings (SSSR count). The molecule has 122 valence electrons. The Balaban J connectivity index is 1.93. The molecule has 1 aliphatic heterocycles. The summed E-state index contributed by atoms with van der Waals surface area (Å²) in [4.78, 5) is 11.1. The van der Waals surface area contributed by atoms with Crippen LogP contribution in [0, 0.1) is 0 Å². The zero-order valence-electron chi connectivity index (χ0n) is 13.1. The molecule has 7 heteroatoms. The minimum Gasteiger partial charge on any atom is -0.383 e. The van der Waals surface area contributed by atoms with Crippen LogP contribution in [0.25, 0.3) is 11.1 Å². The van der Waals surface area contributed by atoms with Crippen molar-refractivity contribution in [2.45, 2.75) is 25.9 Å². The van der Waals surface area contributed by atoms with Gasteiger partial charge in [-0.15, -0.1) is 0 Å². The monoisotopic (exact) mass is 351 g/mol. The molecule has 0 aliphatic carbocycles. The Bertz CT molecular complexity index is 712. The maximum atomic E-state index is 6.26. The first-order valence-electron chi connectivity index (χ1n) is 7.53. The molecule has 2 atom stereocenters. The van der Waals surface area contributed by atoms with E-state index in [9.17, 15) is 0 Å². The van der Waals surface area contributed by atoms with Crippen molar-refractivity contribution in [1.82, 2.24) is 15.3 Å². The highest BCUT2D eigenvalue weighted by Crippen LogP contribution is 2.35.